The predicted octanol–water partition coefficient (Wildman–Crippen LogP) is 1.89. The van der Waals surface area contributed by atoms with Gasteiger partial charge >= 0.3 is 0 Å². The smallest absolute Gasteiger partial charge is 0.240 e. The third-order valence-electron chi connectivity index (χ3n) is 2.63. The summed E-state index contributed by atoms with van der Waals surface area (Å²) in [4.78, 5) is 0.162. The van der Waals surface area contributed by atoms with Gasteiger partial charge in [0.05, 0.1) is 16.5 Å². The molecule has 0 saturated carbocycles. The molecule has 1 aromatic carbocycles. The van der Waals surface area contributed by atoms with Gasteiger partial charge in [-0.2, -0.15) is 0 Å². The first-order valence-corrected chi connectivity index (χ1v) is 9.92. The van der Waals surface area contributed by atoms with Gasteiger partial charge in [-0.05, 0) is 47.5 Å². The van der Waals surface area contributed by atoms with Crippen LogP contribution in [0.3, 0.4) is 0 Å². The molecule has 0 aromatic heterocycles. The Morgan fingerprint density at radius 3 is 2.60 bits per heavy atom. The van der Waals surface area contributed by atoms with Gasteiger partial charge in [-0.1, -0.05) is 0 Å². The van der Waals surface area contributed by atoms with Gasteiger partial charge in [-0.15, -0.1) is 0 Å². The van der Waals surface area contributed by atoms with Crippen LogP contribution in [-0.4, -0.2) is 37.8 Å². The average Bonchev–Trinajstić information content (AvgIpc) is 2.35. The van der Waals surface area contributed by atoms with E-state index in [0.717, 1.165) is 0 Å². The second-order valence-corrected chi connectivity index (χ2v) is 8.51. The maximum atomic E-state index is 12.2. The molecule has 2 unspecified atom stereocenters. The number of ether oxygens (including phenoxy) is 1. The fraction of sp³-hybridized carbons (Fsp3) is 0.500. The first-order chi connectivity index (χ1) is 9.26. The number of sulfonamides is 1. The lowest BCUT2D eigenvalue weighted by Crippen LogP contribution is -2.33. The lowest BCUT2D eigenvalue weighted by Gasteiger charge is -2.14. The Kier molecular flexibility index (Phi) is 6.63. The van der Waals surface area contributed by atoms with Crippen molar-refractivity contribution in [3.05, 3.63) is 22.7 Å². The standard InChI is InChI=1S/C12H18BrNO4S2/c1-9(6-7-19(3)15)14-20(16,17)10-4-5-12(18-2)11(13)8-10/h4-5,8-9,14H,6-7H2,1-3H3. The van der Waals surface area contributed by atoms with E-state index >= 15 is 0 Å². The van der Waals surface area contributed by atoms with E-state index in [1.807, 2.05) is 0 Å². The van der Waals surface area contributed by atoms with Crippen molar-refractivity contribution < 1.29 is 17.4 Å². The third-order valence-corrected chi connectivity index (χ3v) is 5.65. The van der Waals surface area contributed by atoms with Gasteiger partial charge in [0.25, 0.3) is 0 Å². The van der Waals surface area contributed by atoms with Gasteiger partial charge in [0, 0.05) is 28.9 Å². The van der Waals surface area contributed by atoms with Crippen LogP contribution in [0.2, 0.25) is 0 Å². The Bertz CT molecular complexity index is 589. The molecule has 0 aliphatic rings. The van der Waals surface area contributed by atoms with Crippen molar-refractivity contribution in [1.82, 2.24) is 4.72 Å². The number of nitrogens with one attached hydrogen (secondary N) is 1. The average molecular weight is 384 g/mol. The van der Waals surface area contributed by atoms with Crippen LogP contribution in [-0.2, 0) is 20.8 Å². The highest BCUT2D eigenvalue weighted by molar-refractivity contribution is 9.10. The van der Waals surface area contributed by atoms with Crippen LogP contribution in [0.4, 0.5) is 0 Å². The van der Waals surface area contributed by atoms with Gasteiger partial charge < -0.3 is 4.74 Å². The molecule has 0 heterocycles. The highest BCUT2D eigenvalue weighted by Crippen LogP contribution is 2.27. The maximum absolute atomic E-state index is 12.2. The van der Waals surface area contributed by atoms with Crippen molar-refractivity contribution in [2.75, 3.05) is 19.1 Å². The van der Waals surface area contributed by atoms with Crippen molar-refractivity contribution in [3.8, 4) is 5.75 Å². The van der Waals surface area contributed by atoms with E-state index in [0.29, 0.717) is 22.4 Å². The van der Waals surface area contributed by atoms with E-state index in [2.05, 4.69) is 20.7 Å². The Morgan fingerprint density at radius 1 is 1.45 bits per heavy atom. The summed E-state index contributed by atoms with van der Waals surface area (Å²) in [5, 5.41) is 0. The number of hydrogen-bond acceptors (Lipinski definition) is 4. The largest absolute Gasteiger partial charge is 0.496 e. The molecule has 20 heavy (non-hydrogen) atoms. The molecule has 1 N–H and O–H groups in total. The van der Waals surface area contributed by atoms with Crippen molar-refractivity contribution >= 4 is 36.8 Å². The Labute approximate surface area is 130 Å². The quantitative estimate of drug-likeness (QED) is 0.780. The molecule has 0 spiro atoms. The van der Waals surface area contributed by atoms with Crippen LogP contribution in [0.25, 0.3) is 0 Å². The van der Waals surface area contributed by atoms with E-state index in [1.165, 1.54) is 19.2 Å². The molecule has 0 aliphatic carbocycles. The van der Waals surface area contributed by atoms with Gasteiger partial charge in [0.15, 0.2) is 0 Å². The van der Waals surface area contributed by atoms with Crippen LogP contribution >= 0.6 is 15.9 Å². The zero-order valence-corrected chi connectivity index (χ0v) is 14.8. The molecule has 0 radical (unpaired) electrons. The van der Waals surface area contributed by atoms with Crippen molar-refractivity contribution in [3.63, 3.8) is 0 Å². The van der Waals surface area contributed by atoms with Crippen LogP contribution in [0.15, 0.2) is 27.6 Å². The van der Waals surface area contributed by atoms with E-state index in [4.69, 9.17) is 4.74 Å². The molecule has 0 saturated heterocycles. The molecule has 0 amide bonds. The molecular weight excluding hydrogens is 366 g/mol. The molecule has 8 heteroatoms. The molecule has 114 valence electrons. The fourth-order valence-corrected chi connectivity index (χ4v) is 4.23. The second-order valence-electron chi connectivity index (χ2n) is 4.38. The first kappa shape index (κ1) is 17.6. The van der Waals surface area contributed by atoms with Gasteiger partial charge in [-0.3, -0.25) is 4.21 Å². The predicted molar refractivity (Wildman–Crippen MR) is 84.0 cm³/mol. The minimum absolute atomic E-state index is 0.162. The van der Waals surface area contributed by atoms with Crippen LogP contribution in [0, 0.1) is 0 Å². The molecule has 1 rings (SSSR count). The summed E-state index contributed by atoms with van der Waals surface area (Å²) in [6.45, 7) is 1.75. The molecule has 1 aromatic rings. The lowest BCUT2D eigenvalue weighted by molar-refractivity contribution is 0.411. The monoisotopic (exact) mass is 383 g/mol. The summed E-state index contributed by atoms with van der Waals surface area (Å²) in [6.07, 6.45) is 2.13. The maximum Gasteiger partial charge on any atom is 0.240 e. The molecular formula is C12H18BrNO4S2. The highest BCUT2D eigenvalue weighted by Gasteiger charge is 2.18. The number of benzene rings is 1. The van der Waals surface area contributed by atoms with Crippen LogP contribution < -0.4 is 9.46 Å². The zero-order chi connectivity index (χ0) is 15.3. The summed E-state index contributed by atoms with van der Waals surface area (Å²) in [6, 6.07) is 4.29. The highest BCUT2D eigenvalue weighted by atomic mass is 79.9. The van der Waals surface area contributed by atoms with Gasteiger partial charge in [0.1, 0.15) is 5.75 Å². The summed E-state index contributed by atoms with van der Waals surface area (Å²) >= 11 is 3.26. The minimum Gasteiger partial charge on any atom is -0.496 e. The van der Waals surface area contributed by atoms with Crippen LogP contribution in [0.5, 0.6) is 5.75 Å². The molecule has 5 nitrogen and oxygen atoms in total. The number of halogens is 1. The van der Waals surface area contributed by atoms with E-state index in [-0.39, 0.29) is 10.9 Å². The zero-order valence-electron chi connectivity index (χ0n) is 11.6. The second kappa shape index (κ2) is 7.53. The molecule has 0 fully saturated rings. The third kappa shape index (κ3) is 5.16. The minimum atomic E-state index is -3.59. The van der Waals surface area contributed by atoms with E-state index in [9.17, 15) is 12.6 Å². The van der Waals surface area contributed by atoms with Gasteiger partial charge in [-0.25, -0.2) is 13.1 Å². The number of hydrogen-bond donors (Lipinski definition) is 1. The SMILES string of the molecule is COc1ccc(S(=O)(=O)NC(C)CCS(C)=O)cc1Br. The summed E-state index contributed by atoms with van der Waals surface area (Å²) in [5.41, 5.74) is 0. The van der Waals surface area contributed by atoms with E-state index in [1.54, 1.807) is 19.2 Å². The molecule has 2 atom stereocenters. The van der Waals surface area contributed by atoms with Crippen molar-refractivity contribution in [1.29, 1.82) is 0 Å². The Balaban J connectivity index is 2.83. The van der Waals surface area contributed by atoms with Crippen molar-refractivity contribution in [2.45, 2.75) is 24.3 Å². The lowest BCUT2D eigenvalue weighted by atomic mass is 10.3. The van der Waals surface area contributed by atoms with E-state index < -0.39 is 20.8 Å². The van der Waals surface area contributed by atoms with Gasteiger partial charge in [0.2, 0.25) is 10.0 Å². The summed E-state index contributed by atoms with van der Waals surface area (Å²) in [7, 11) is -3.00. The fourth-order valence-electron chi connectivity index (χ4n) is 1.55. The summed E-state index contributed by atoms with van der Waals surface area (Å²) in [5.74, 6) is 1.04. The Hall–Kier alpha value is -0.440. The number of rotatable bonds is 7. The molecule has 0 bridgehead atoms. The number of methoxy groups -OCH3 is 1. The topological polar surface area (TPSA) is 72.5 Å². The first-order valence-electron chi connectivity index (χ1n) is 5.92. The molecule has 0 aliphatic heterocycles. The van der Waals surface area contributed by atoms with Crippen molar-refractivity contribution in [2.24, 2.45) is 0 Å². The normalized spacial score (nSPS) is 14.8. The Morgan fingerprint density at radius 2 is 2.10 bits per heavy atom. The summed E-state index contributed by atoms with van der Waals surface area (Å²) < 4.78 is 43.6. The van der Waals surface area contributed by atoms with Crippen LogP contribution in [0.1, 0.15) is 13.3 Å².